The first-order chi connectivity index (χ1) is 15.9. The van der Waals surface area contributed by atoms with Crippen LogP contribution in [0.4, 0.5) is 20.6 Å². The highest BCUT2D eigenvalue weighted by molar-refractivity contribution is 9.10. The van der Waals surface area contributed by atoms with E-state index in [1.807, 2.05) is 29.2 Å². The number of nitrogens with zero attached hydrogens (tertiary/aromatic N) is 2. The number of anilines is 2. The molecule has 2 aromatic carbocycles. The summed E-state index contributed by atoms with van der Waals surface area (Å²) in [4.78, 5) is 39.2. The van der Waals surface area contributed by atoms with E-state index in [-0.39, 0.29) is 25.4 Å². The number of aliphatic carboxylic acids is 1. The van der Waals surface area contributed by atoms with Crippen molar-refractivity contribution in [2.24, 2.45) is 11.7 Å². The average molecular weight is 538 g/mol. The Kier molecular flexibility index (Phi) is 9.57. The Morgan fingerprint density at radius 2 is 1.76 bits per heavy atom. The number of imide groups is 1. The molecule has 0 aromatic heterocycles. The van der Waals surface area contributed by atoms with Gasteiger partial charge in [-0.15, -0.1) is 0 Å². The lowest BCUT2D eigenvalue weighted by Crippen LogP contribution is -2.54. The fourth-order valence-electron chi connectivity index (χ4n) is 3.45. The van der Waals surface area contributed by atoms with Crippen LogP contribution in [0, 0.1) is 11.7 Å². The van der Waals surface area contributed by atoms with Crippen LogP contribution in [0.15, 0.2) is 53.0 Å². The first-order valence-corrected chi connectivity index (χ1v) is 11.5. The molecule has 0 fully saturated rings. The zero-order valence-electron chi connectivity index (χ0n) is 19.3. The quantitative estimate of drug-likeness (QED) is 0.457. The molecule has 2 aromatic rings. The van der Waals surface area contributed by atoms with Crippen molar-refractivity contribution in [3.8, 4) is 0 Å². The van der Waals surface area contributed by atoms with Gasteiger partial charge in [0.05, 0.1) is 0 Å². The van der Waals surface area contributed by atoms with Crippen LogP contribution in [-0.2, 0) is 14.3 Å². The summed E-state index contributed by atoms with van der Waals surface area (Å²) >= 11 is 3.42. The Balaban J connectivity index is 2.20. The maximum atomic E-state index is 13.5. The standard InChI is InChI=1S/C24H29BrFN3O5/c1-16(2)14-24(27,22(31)32)15-34-23(33)28(17(3)30)11-12-29(20-9-7-19(26)8-10-20)21-6-4-5-18(25)13-21/h4-10,13,16H,11-12,14-15,27H2,1-3H3,(H,31,32)/t24-/m0/s1. The van der Waals surface area contributed by atoms with Crippen LogP contribution in [0.1, 0.15) is 27.2 Å². The minimum Gasteiger partial charge on any atom is -0.480 e. The maximum Gasteiger partial charge on any atom is 0.416 e. The number of ether oxygens (including phenoxy) is 1. The SMILES string of the molecule is CC(=O)N(CCN(c1ccc(F)cc1)c1cccc(Br)c1)C(=O)OC[C@@](N)(CC(C)C)C(=O)O. The third-order valence-electron chi connectivity index (χ3n) is 5.06. The summed E-state index contributed by atoms with van der Waals surface area (Å²) in [7, 11) is 0. The van der Waals surface area contributed by atoms with E-state index in [9.17, 15) is 23.9 Å². The predicted octanol–water partition coefficient (Wildman–Crippen LogP) is 4.54. The molecule has 0 aliphatic rings. The Labute approximate surface area is 206 Å². The summed E-state index contributed by atoms with van der Waals surface area (Å²) in [5.74, 6) is -2.30. The molecule has 8 nitrogen and oxygen atoms in total. The third-order valence-corrected chi connectivity index (χ3v) is 5.55. The number of hydrogen-bond acceptors (Lipinski definition) is 6. The second-order valence-corrected chi connectivity index (χ2v) is 9.31. The number of carboxylic acids is 1. The Bertz CT molecular complexity index is 1020. The smallest absolute Gasteiger partial charge is 0.416 e. The van der Waals surface area contributed by atoms with Gasteiger partial charge in [-0.05, 0) is 54.8 Å². The molecule has 0 heterocycles. The molecule has 0 aliphatic carbocycles. The predicted molar refractivity (Wildman–Crippen MR) is 130 cm³/mol. The van der Waals surface area contributed by atoms with Gasteiger partial charge in [0.15, 0.2) is 0 Å². The molecule has 2 amide bonds. The van der Waals surface area contributed by atoms with Gasteiger partial charge in [-0.1, -0.05) is 35.8 Å². The van der Waals surface area contributed by atoms with Crippen molar-refractivity contribution in [3.05, 3.63) is 58.8 Å². The minimum atomic E-state index is -1.76. The molecule has 0 saturated heterocycles. The molecule has 2 rings (SSSR count). The molecule has 1 atom stereocenters. The molecule has 34 heavy (non-hydrogen) atoms. The van der Waals surface area contributed by atoms with Gasteiger partial charge in [0.1, 0.15) is 18.0 Å². The molecule has 0 aliphatic heterocycles. The fraction of sp³-hybridized carbons (Fsp3) is 0.375. The molecule has 0 spiro atoms. The van der Waals surface area contributed by atoms with Crippen molar-refractivity contribution in [3.63, 3.8) is 0 Å². The molecule has 0 saturated carbocycles. The number of carboxylic acid groups (broad SMARTS) is 1. The van der Waals surface area contributed by atoms with E-state index >= 15 is 0 Å². The number of benzene rings is 2. The number of hydrogen-bond donors (Lipinski definition) is 2. The minimum absolute atomic E-state index is 0.0434. The summed E-state index contributed by atoms with van der Waals surface area (Å²) < 4.78 is 19.4. The molecule has 0 radical (unpaired) electrons. The zero-order chi connectivity index (χ0) is 25.5. The van der Waals surface area contributed by atoms with E-state index in [0.717, 1.165) is 15.1 Å². The average Bonchev–Trinajstić information content (AvgIpc) is 2.75. The molecular formula is C24H29BrFN3O5. The summed E-state index contributed by atoms with van der Waals surface area (Å²) in [6.45, 7) is 4.36. The number of halogens is 2. The fourth-order valence-corrected chi connectivity index (χ4v) is 3.84. The molecule has 0 unspecified atom stereocenters. The van der Waals surface area contributed by atoms with Crippen LogP contribution < -0.4 is 10.6 Å². The Morgan fingerprint density at radius 3 is 2.29 bits per heavy atom. The van der Waals surface area contributed by atoms with Crippen molar-refractivity contribution in [1.82, 2.24) is 4.90 Å². The van der Waals surface area contributed by atoms with Crippen molar-refractivity contribution >= 4 is 45.3 Å². The molecular weight excluding hydrogens is 509 g/mol. The molecule has 0 bridgehead atoms. The topological polar surface area (TPSA) is 113 Å². The third kappa shape index (κ3) is 7.53. The highest BCUT2D eigenvalue weighted by atomic mass is 79.9. The lowest BCUT2D eigenvalue weighted by molar-refractivity contribution is -0.145. The van der Waals surface area contributed by atoms with Crippen molar-refractivity contribution in [1.29, 1.82) is 0 Å². The van der Waals surface area contributed by atoms with Gasteiger partial charge in [-0.25, -0.2) is 14.1 Å². The second kappa shape index (κ2) is 11.9. The number of amides is 2. The van der Waals surface area contributed by atoms with Crippen molar-refractivity contribution in [2.75, 3.05) is 24.6 Å². The first kappa shape index (κ1) is 27.3. The largest absolute Gasteiger partial charge is 0.480 e. The summed E-state index contributed by atoms with van der Waals surface area (Å²) in [6.07, 6.45) is -0.891. The Morgan fingerprint density at radius 1 is 1.12 bits per heavy atom. The van der Waals surface area contributed by atoms with E-state index < -0.39 is 35.9 Å². The van der Waals surface area contributed by atoms with Gasteiger partial charge in [-0.2, -0.15) is 0 Å². The van der Waals surface area contributed by atoms with Gasteiger partial charge in [0.25, 0.3) is 0 Å². The summed E-state index contributed by atoms with van der Waals surface area (Å²) in [5.41, 5.74) is 5.59. The van der Waals surface area contributed by atoms with E-state index in [1.54, 1.807) is 26.0 Å². The lowest BCUT2D eigenvalue weighted by atomic mass is 9.91. The van der Waals surface area contributed by atoms with Crippen LogP contribution in [0.3, 0.4) is 0 Å². The number of carbonyl (C=O) groups is 3. The molecule has 3 N–H and O–H groups in total. The van der Waals surface area contributed by atoms with Crippen LogP contribution in [0.5, 0.6) is 0 Å². The van der Waals surface area contributed by atoms with Crippen LogP contribution in [0.2, 0.25) is 0 Å². The van der Waals surface area contributed by atoms with Gasteiger partial charge in [0.2, 0.25) is 5.91 Å². The summed E-state index contributed by atoms with van der Waals surface area (Å²) in [5, 5.41) is 9.48. The van der Waals surface area contributed by atoms with Crippen molar-refractivity contribution < 1.29 is 28.6 Å². The number of carbonyl (C=O) groups excluding carboxylic acids is 2. The lowest BCUT2D eigenvalue weighted by Gasteiger charge is -2.29. The normalized spacial score (nSPS) is 12.7. The van der Waals surface area contributed by atoms with Gasteiger partial charge in [0, 0.05) is 35.9 Å². The summed E-state index contributed by atoms with van der Waals surface area (Å²) in [6, 6.07) is 13.2. The van der Waals surface area contributed by atoms with E-state index in [4.69, 9.17) is 10.5 Å². The van der Waals surface area contributed by atoms with Crippen molar-refractivity contribution in [2.45, 2.75) is 32.7 Å². The van der Waals surface area contributed by atoms with Gasteiger partial charge in [-0.3, -0.25) is 9.59 Å². The van der Waals surface area contributed by atoms with Crippen LogP contribution >= 0.6 is 15.9 Å². The second-order valence-electron chi connectivity index (χ2n) is 8.39. The monoisotopic (exact) mass is 537 g/mol. The van der Waals surface area contributed by atoms with Gasteiger partial charge < -0.3 is 20.5 Å². The van der Waals surface area contributed by atoms with Gasteiger partial charge >= 0.3 is 12.1 Å². The molecule has 184 valence electrons. The van der Waals surface area contributed by atoms with Crippen LogP contribution in [-0.4, -0.2) is 53.2 Å². The Hall–Kier alpha value is -2.98. The van der Waals surface area contributed by atoms with E-state index in [1.165, 1.54) is 19.1 Å². The maximum absolute atomic E-state index is 13.5. The number of nitrogens with two attached hydrogens (primary N) is 1. The highest BCUT2D eigenvalue weighted by Gasteiger charge is 2.37. The van der Waals surface area contributed by atoms with Crippen LogP contribution in [0.25, 0.3) is 0 Å². The molecule has 10 heteroatoms. The first-order valence-electron chi connectivity index (χ1n) is 10.7. The van der Waals surface area contributed by atoms with E-state index in [2.05, 4.69) is 15.9 Å². The highest BCUT2D eigenvalue weighted by Crippen LogP contribution is 2.28. The zero-order valence-corrected chi connectivity index (χ0v) is 20.9. The van der Waals surface area contributed by atoms with E-state index in [0.29, 0.717) is 5.69 Å². The number of rotatable bonds is 10.